The minimum Gasteiger partial charge on any atom is -0.452 e. The van der Waals surface area contributed by atoms with Crippen LogP contribution in [0, 0.1) is 10.1 Å². The van der Waals surface area contributed by atoms with E-state index in [-0.39, 0.29) is 24.1 Å². The number of ether oxygens (including phenoxy) is 1. The number of hydrogen-bond donors (Lipinski definition) is 0. The van der Waals surface area contributed by atoms with Crippen LogP contribution in [0.5, 0.6) is 0 Å². The molecule has 3 aromatic carbocycles. The van der Waals surface area contributed by atoms with Gasteiger partial charge in [0.1, 0.15) is 0 Å². The maximum absolute atomic E-state index is 12.3. The third-order valence-electron chi connectivity index (χ3n) is 4.10. The summed E-state index contributed by atoms with van der Waals surface area (Å²) in [6.07, 6.45) is 0. The molecule has 8 nitrogen and oxygen atoms in total. The molecule has 4 aromatic rings. The van der Waals surface area contributed by atoms with Crippen molar-refractivity contribution in [1.82, 2.24) is 10.2 Å². The first-order valence-electron chi connectivity index (χ1n) is 8.33. The smallest absolute Gasteiger partial charge is 0.338 e. The number of carbonyl (C=O) groups is 1. The Bertz CT molecular complexity index is 1170. The lowest BCUT2D eigenvalue weighted by Gasteiger charge is -2.04. The van der Waals surface area contributed by atoms with Gasteiger partial charge in [-0.05, 0) is 35.0 Å². The molecule has 0 aliphatic carbocycles. The summed E-state index contributed by atoms with van der Waals surface area (Å²) >= 11 is 0. The standard InChI is InChI=1S/C20H13N3O5/c24-20(16-6-5-13-3-1-2-4-15(13)11-16)27-12-18-21-22-19(28-18)14-7-9-17(10-8-14)23(25)26/h1-11H,12H2. The summed E-state index contributed by atoms with van der Waals surface area (Å²) in [6.45, 7) is -0.175. The lowest BCUT2D eigenvalue weighted by atomic mass is 10.1. The molecule has 0 unspecified atom stereocenters. The number of nitrogens with zero attached hydrogens (tertiary/aromatic N) is 3. The van der Waals surface area contributed by atoms with Crippen LogP contribution in [-0.4, -0.2) is 21.1 Å². The molecule has 138 valence electrons. The summed E-state index contributed by atoms with van der Waals surface area (Å²) < 4.78 is 10.7. The number of carbonyl (C=O) groups excluding carboxylic acids is 1. The third-order valence-corrected chi connectivity index (χ3v) is 4.10. The minimum atomic E-state index is -0.499. The fourth-order valence-corrected chi connectivity index (χ4v) is 2.68. The van der Waals surface area contributed by atoms with Crippen molar-refractivity contribution in [2.45, 2.75) is 6.61 Å². The van der Waals surface area contributed by atoms with Crippen molar-refractivity contribution in [1.29, 1.82) is 0 Å². The Morgan fingerprint density at radius 3 is 2.50 bits per heavy atom. The molecule has 4 rings (SSSR count). The molecule has 8 heteroatoms. The van der Waals surface area contributed by atoms with Gasteiger partial charge in [0.15, 0.2) is 6.61 Å². The SMILES string of the molecule is O=C(OCc1nnc(-c2ccc([N+](=O)[O-])cc2)o1)c1ccc2ccccc2c1. The highest BCUT2D eigenvalue weighted by molar-refractivity contribution is 5.95. The van der Waals surface area contributed by atoms with E-state index >= 15 is 0 Å². The Labute approximate surface area is 158 Å². The van der Waals surface area contributed by atoms with Crippen molar-refractivity contribution in [2.75, 3.05) is 0 Å². The Kier molecular flexibility index (Phi) is 4.51. The van der Waals surface area contributed by atoms with Crippen molar-refractivity contribution in [3.05, 3.63) is 88.3 Å². The van der Waals surface area contributed by atoms with Crippen molar-refractivity contribution < 1.29 is 18.9 Å². The number of benzene rings is 3. The maximum Gasteiger partial charge on any atom is 0.338 e. The fourth-order valence-electron chi connectivity index (χ4n) is 2.68. The number of nitro benzene ring substituents is 1. The van der Waals surface area contributed by atoms with Crippen LogP contribution in [0.2, 0.25) is 0 Å². The van der Waals surface area contributed by atoms with Crippen molar-refractivity contribution in [3.63, 3.8) is 0 Å². The molecule has 0 amide bonds. The van der Waals surface area contributed by atoms with Gasteiger partial charge in [0.05, 0.1) is 10.5 Å². The van der Waals surface area contributed by atoms with E-state index in [1.807, 2.05) is 30.3 Å². The van der Waals surface area contributed by atoms with Crippen molar-refractivity contribution >= 4 is 22.4 Å². The van der Waals surface area contributed by atoms with Gasteiger partial charge in [0.2, 0.25) is 5.89 Å². The molecule has 0 saturated carbocycles. The topological polar surface area (TPSA) is 108 Å². The quantitative estimate of drug-likeness (QED) is 0.293. The first kappa shape index (κ1) is 17.3. The summed E-state index contributed by atoms with van der Waals surface area (Å²) in [6, 6.07) is 18.7. The van der Waals surface area contributed by atoms with E-state index < -0.39 is 10.9 Å². The number of fused-ring (bicyclic) bond motifs is 1. The highest BCUT2D eigenvalue weighted by atomic mass is 16.6. The lowest BCUT2D eigenvalue weighted by Crippen LogP contribution is -2.05. The van der Waals surface area contributed by atoms with E-state index in [4.69, 9.17) is 9.15 Å². The van der Waals surface area contributed by atoms with E-state index in [1.165, 1.54) is 24.3 Å². The summed E-state index contributed by atoms with van der Waals surface area (Å²) in [4.78, 5) is 22.5. The Morgan fingerprint density at radius 2 is 1.75 bits per heavy atom. The predicted octanol–water partition coefficient (Wildman–Crippen LogP) is 4.16. The second-order valence-electron chi connectivity index (χ2n) is 5.94. The van der Waals surface area contributed by atoms with Gasteiger partial charge in [-0.3, -0.25) is 10.1 Å². The molecule has 0 radical (unpaired) electrons. The molecule has 0 aliphatic heterocycles. The summed E-state index contributed by atoms with van der Waals surface area (Å²) in [5.41, 5.74) is 0.923. The van der Waals surface area contributed by atoms with Crippen LogP contribution in [0.15, 0.2) is 71.1 Å². The molecule has 0 bridgehead atoms. The zero-order valence-corrected chi connectivity index (χ0v) is 14.4. The normalized spacial score (nSPS) is 10.7. The van der Waals surface area contributed by atoms with Crippen LogP contribution in [0.25, 0.3) is 22.2 Å². The summed E-state index contributed by atoms with van der Waals surface area (Å²) in [5.74, 6) is -0.185. The van der Waals surface area contributed by atoms with Gasteiger partial charge in [-0.2, -0.15) is 0 Å². The van der Waals surface area contributed by atoms with Gasteiger partial charge in [0.25, 0.3) is 11.6 Å². The Morgan fingerprint density at radius 1 is 1.00 bits per heavy atom. The third kappa shape index (κ3) is 3.56. The van der Waals surface area contributed by atoms with Crippen LogP contribution >= 0.6 is 0 Å². The molecule has 0 fully saturated rings. The van der Waals surface area contributed by atoms with E-state index in [1.54, 1.807) is 12.1 Å². The molecule has 28 heavy (non-hydrogen) atoms. The monoisotopic (exact) mass is 375 g/mol. The summed E-state index contributed by atoms with van der Waals surface area (Å²) in [5, 5.41) is 20.4. The predicted molar refractivity (Wildman–Crippen MR) is 99.5 cm³/mol. The Balaban J connectivity index is 1.43. The van der Waals surface area contributed by atoms with Crippen LogP contribution in [0.3, 0.4) is 0 Å². The second kappa shape index (κ2) is 7.28. The van der Waals surface area contributed by atoms with Crippen LogP contribution in [0.1, 0.15) is 16.2 Å². The molecule has 0 spiro atoms. The summed E-state index contributed by atoms with van der Waals surface area (Å²) in [7, 11) is 0. The molecule has 1 aromatic heterocycles. The van der Waals surface area contributed by atoms with Gasteiger partial charge in [-0.1, -0.05) is 30.3 Å². The average molecular weight is 375 g/mol. The average Bonchev–Trinajstić information content (AvgIpc) is 3.21. The van der Waals surface area contributed by atoms with Gasteiger partial charge < -0.3 is 9.15 Å². The maximum atomic E-state index is 12.3. The molecular formula is C20H13N3O5. The Hall–Kier alpha value is -4.07. The number of non-ortho nitro benzene ring substituents is 1. The number of esters is 1. The molecule has 0 aliphatic rings. The van der Waals surface area contributed by atoms with Gasteiger partial charge in [-0.25, -0.2) is 4.79 Å². The number of aromatic nitrogens is 2. The van der Waals surface area contributed by atoms with Crippen molar-refractivity contribution in [2.24, 2.45) is 0 Å². The van der Waals surface area contributed by atoms with Crippen molar-refractivity contribution in [3.8, 4) is 11.5 Å². The first-order valence-corrected chi connectivity index (χ1v) is 8.33. The highest BCUT2D eigenvalue weighted by Crippen LogP contribution is 2.22. The van der Waals surface area contributed by atoms with Crippen LogP contribution in [0.4, 0.5) is 5.69 Å². The molecule has 0 N–H and O–H groups in total. The van der Waals surface area contributed by atoms with E-state index in [0.29, 0.717) is 11.1 Å². The zero-order chi connectivity index (χ0) is 19.5. The number of hydrogen-bond acceptors (Lipinski definition) is 7. The van der Waals surface area contributed by atoms with Crippen LogP contribution < -0.4 is 0 Å². The first-order chi connectivity index (χ1) is 13.6. The number of rotatable bonds is 5. The molecule has 0 atom stereocenters. The second-order valence-corrected chi connectivity index (χ2v) is 5.94. The van der Waals surface area contributed by atoms with Gasteiger partial charge in [-0.15, -0.1) is 10.2 Å². The van der Waals surface area contributed by atoms with Gasteiger partial charge >= 0.3 is 5.97 Å². The number of nitro groups is 1. The highest BCUT2D eigenvalue weighted by Gasteiger charge is 2.14. The van der Waals surface area contributed by atoms with Crippen LogP contribution in [-0.2, 0) is 11.3 Å². The largest absolute Gasteiger partial charge is 0.452 e. The molecule has 0 saturated heterocycles. The van der Waals surface area contributed by atoms with E-state index in [9.17, 15) is 14.9 Å². The molecule has 1 heterocycles. The van der Waals surface area contributed by atoms with E-state index in [2.05, 4.69) is 10.2 Å². The van der Waals surface area contributed by atoms with E-state index in [0.717, 1.165) is 10.8 Å². The minimum absolute atomic E-state index is 0.0344. The van der Waals surface area contributed by atoms with Gasteiger partial charge in [0, 0.05) is 17.7 Å². The zero-order valence-electron chi connectivity index (χ0n) is 14.4. The molecular weight excluding hydrogens is 362 g/mol. The lowest BCUT2D eigenvalue weighted by molar-refractivity contribution is -0.384. The fraction of sp³-hybridized carbons (Fsp3) is 0.0500.